The highest BCUT2D eigenvalue weighted by Crippen LogP contribution is 2.22. The van der Waals surface area contributed by atoms with Crippen LogP contribution in [-0.2, 0) is 14.9 Å². The van der Waals surface area contributed by atoms with Crippen LogP contribution in [-0.4, -0.2) is 39.2 Å². The monoisotopic (exact) mass is 479 g/mol. The number of methoxy groups -OCH3 is 1. The molecule has 0 atom stereocenters. The van der Waals surface area contributed by atoms with Crippen molar-refractivity contribution < 1.29 is 13.9 Å². The third kappa shape index (κ3) is 9.35. The van der Waals surface area contributed by atoms with E-state index >= 15 is 0 Å². The lowest BCUT2D eigenvalue weighted by Gasteiger charge is -2.26. The molecule has 0 spiro atoms. The molecule has 0 aliphatic carbocycles. The number of esters is 1. The molecule has 5 nitrogen and oxygen atoms in total. The van der Waals surface area contributed by atoms with E-state index in [0.717, 1.165) is 37.3 Å². The molecule has 0 unspecified atom stereocenters. The van der Waals surface area contributed by atoms with E-state index in [1.165, 1.54) is 13.2 Å². The molecular weight excluding hydrogens is 448 g/mol. The van der Waals surface area contributed by atoms with Crippen LogP contribution < -0.4 is 10.6 Å². The van der Waals surface area contributed by atoms with Gasteiger partial charge in [-0.3, -0.25) is 9.79 Å². The van der Waals surface area contributed by atoms with Crippen LogP contribution in [0.25, 0.3) is 0 Å². The molecule has 0 bridgehead atoms. The molecule has 0 aromatic heterocycles. The van der Waals surface area contributed by atoms with Gasteiger partial charge < -0.3 is 15.4 Å². The Balaban J connectivity index is 0.00000625. The molecule has 0 aliphatic heterocycles. The quantitative estimate of drug-likeness (QED) is 0.187. The first-order valence-corrected chi connectivity index (χ1v) is 8.66. The largest absolute Gasteiger partial charge is 0.469 e. The molecule has 0 saturated carbocycles. The number of halogens is 2. The van der Waals surface area contributed by atoms with Gasteiger partial charge in [0, 0.05) is 32.0 Å². The molecule has 0 radical (unpaired) electrons. The molecule has 0 amide bonds. The highest BCUT2D eigenvalue weighted by molar-refractivity contribution is 14.0. The first-order valence-electron chi connectivity index (χ1n) is 8.66. The molecule has 1 aromatic rings. The average molecular weight is 479 g/mol. The van der Waals surface area contributed by atoms with Crippen molar-refractivity contribution in [3.05, 3.63) is 35.6 Å². The van der Waals surface area contributed by atoms with Crippen molar-refractivity contribution in [2.45, 2.75) is 44.9 Å². The van der Waals surface area contributed by atoms with Crippen molar-refractivity contribution in [3.63, 3.8) is 0 Å². The summed E-state index contributed by atoms with van der Waals surface area (Å²) in [6.45, 7) is 5.55. The standard InChI is InChI=1S/C19H30FN3O2.HI/c1-19(2,15-9-8-10-16(20)13-15)14-23-18(21-3)22-12-7-5-6-11-17(24)25-4;/h8-10,13H,5-7,11-12,14H2,1-4H3,(H2,21,22,23);1H. The fourth-order valence-corrected chi connectivity index (χ4v) is 2.42. The summed E-state index contributed by atoms with van der Waals surface area (Å²) >= 11 is 0. The van der Waals surface area contributed by atoms with Gasteiger partial charge in [0.15, 0.2) is 5.96 Å². The van der Waals surface area contributed by atoms with Gasteiger partial charge in [0.25, 0.3) is 0 Å². The smallest absolute Gasteiger partial charge is 0.305 e. The van der Waals surface area contributed by atoms with Gasteiger partial charge in [-0.25, -0.2) is 4.39 Å². The number of carbonyl (C=O) groups is 1. The molecule has 26 heavy (non-hydrogen) atoms. The number of nitrogens with zero attached hydrogens (tertiary/aromatic N) is 1. The highest BCUT2D eigenvalue weighted by Gasteiger charge is 2.21. The lowest BCUT2D eigenvalue weighted by atomic mass is 9.84. The van der Waals surface area contributed by atoms with Crippen molar-refractivity contribution in [2.24, 2.45) is 4.99 Å². The first-order chi connectivity index (χ1) is 11.9. The van der Waals surface area contributed by atoms with Crippen LogP contribution in [0.3, 0.4) is 0 Å². The van der Waals surface area contributed by atoms with Gasteiger partial charge in [-0.05, 0) is 30.5 Å². The Morgan fingerprint density at radius 1 is 1.23 bits per heavy atom. The predicted octanol–water partition coefficient (Wildman–Crippen LogP) is 3.62. The summed E-state index contributed by atoms with van der Waals surface area (Å²) in [7, 11) is 3.13. The van der Waals surface area contributed by atoms with E-state index in [1.807, 2.05) is 6.07 Å². The maximum atomic E-state index is 13.4. The minimum absolute atomic E-state index is 0. The number of ether oxygens (including phenoxy) is 1. The topological polar surface area (TPSA) is 62.7 Å². The third-order valence-electron chi connectivity index (χ3n) is 4.11. The summed E-state index contributed by atoms with van der Waals surface area (Å²) in [5.41, 5.74) is 0.721. The van der Waals surface area contributed by atoms with E-state index in [9.17, 15) is 9.18 Å². The Morgan fingerprint density at radius 3 is 2.58 bits per heavy atom. The van der Waals surface area contributed by atoms with Crippen molar-refractivity contribution in [2.75, 3.05) is 27.2 Å². The molecule has 1 aromatic carbocycles. The molecule has 0 heterocycles. The van der Waals surface area contributed by atoms with Crippen LogP contribution >= 0.6 is 24.0 Å². The minimum Gasteiger partial charge on any atom is -0.469 e. The van der Waals surface area contributed by atoms with Gasteiger partial charge in [0.05, 0.1) is 7.11 Å². The number of benzene rings is 1. The Hall–Kier alpha value is -1.38. The normalized spacial score (nSPS) is 11.5. The lowest BCUT2D eigenvalue weighted by molar-refractivity contribution is -0.140. The Bertz CT molecular complexity index is 580. The zero-order chi connectivity index (χ0) is 18.7. The summed E-state index contributed by atoms with van der Waals surface area (Å²) < 4.78 is 18.0. The van der Waals surface area contributed by atoms with Gasteiger partial charge in [0.2, 0.25) is 0 Å². The third-order valence-corrected chi connectivity index (χ3v) is 4.11. The molecule has 2 N–H and O–H groups in total. The van der Waals surface area contributed by atoms with E-state index in [4.69, 9.17) is 0 Å². The number of hydrogen-bond acceptors (Lipinski definition) is 3. The molecule has 1 rings (SSSR count). The second-order valence-corrected chi connectivity index (χ2v) is 6.63. The molecular formula is C19H31FIN3O2. The van der Waals surface area contributed by atoms with Gasteiger partial charge in [0.1, 0.15) is 5.82 Å². The zero-order valence-corrected chi connectivity index (χ0v) is 18.4. The predicted molar refractivity (Wildman–Crippen MR) is 115 cm³/mol. The number of rotatable bonds is 9. The lowest BCUT2D eigenvalue weighted by Crippen LogP contribution is -2.43. The van der Waals surface area contributed by atoms with Gasteiger partial charge in [-0.1, -0.05) is 32.4 Å². The van der Waals surface area contributed by atoms with Crippen LogP contribution in [0.15, 0.2) is 29.3 Å². The number of carbonyl (C=O) groups excluding carboxylic acids is 1. The van der Waals surface area contributed by atoms with Crippen molar-refractivity contribution >= 4 is 35.9 Å². The second kappa shape index (κ2) is 12.9. The van der Waals surface area contributed by atoms with Crippen molar-refractivity contribution in [3.8, 4) is 0 Å². The fraction of sp³-hybridized carbons (Fsp3) is 0.579. The van der Waals surface area contributed by atoms with E-state index in [-0.39, 0.29) is 41.2 Å². The SMILES string of the molecule is CN=C(NCCCCCC(=O)OC)NCC(C)(C)c1cccc(F)c1.I. The second-order valence-electron chi connectivity index (χ2n) is 6.63. The van der Waals surface area contributed by atoms with Crippen LogP contribution in [0, 0.1) is 5.82 Å². The first kappa shape index (κ1) is 24.6. The van der Waals surface area contributed by atoms with E-state index in [0.29, 0.717) is 13.0 Å². The van der Waals surface area contributed by atoms with Crippen LogP contribution in [0.4, 0.5) is 4.39 Å². The van der Waals surface area contributed by atoms with Gasteiger partial charge in [-0.2, -0.15) is 0 Å². The Kier molecular flexibility index (Phi) is 12.2. The number of unbranched alkanes of at least 4 members (excludes halogenated alkanes) is 2. The molecule has 148 valence electrons. The summed E-state index contributed by atoms with van der Waals surface area (Å²) in [5, 5.41) is 6.54. The van der Waals surface area contributed by atoms with Crippen molar-refractivity contribution in [1.82, 2.24) is 10.6 Å². The Morgan fingerprint density at radius 2 is 1.96 bits per heavy atom. The minimum atomic E-state index is -0.222. The highest BCUT2D eigenvalue weighted by atomic mass is 127. The zero-order valence-electron chi connectivity index (χ0n) is 16.1. The van der Waals surface area contributed by atoms with Crippen LogP contribution in [0.1, 0.15) is 45.1 Å². The van der Waals surface area contributed by atoms with E-state index < -0.39 is 0 Å². The maximum Gasteiger partial charge on any atom is 0.305 e. The number of aliphatic imine (C=N–C) groups is 1. The van der Waals surface area contributed by atoms with E-state index in [1.54, 1.807) is 19.2 Å². The molecule has 0 fully saturated rings. The average Bonchev–Trinajstić information content (AvgIpc) is 2.60. The molecule has 0 aliphatic rings. The summed E-state index contributed by atoms with van der Waals surface area (Å²) in [6.07, 6.45) is 3.19. The molecule has 7 heteroatoms. The number of nitrogens with one attached hydrogen (secondary N) is 2. The van der Waals surface area contributed by atoms with Crippen LogP contribution in [0.2, 0.25) is 0 Å². The van der Waals surface area contributed by atoms with Gasteiger partial charge in [-0.15, -0.1) is 24.0 Å². The van der Waals surface area contributed by atoms with Crippen molar-refractivity contribution in [1.29, 1.82) is 0 Å². The summed E-state index contributed by atoms with van der Waals surface area (Å²) in [5.74, 6) is 0.336. The molecule has 0 saturated heterocycles. The Labute approximate surface area is 173 Å². The van der Waals surface area contributed by atoms with Gasteiger partial charge >= 0.3 is 5.97 Å². The van der Waals surface area contributed by atoms with Crippen LogP contribution in [0.5, 0.6) is 0 Å². The number of hydrogen-bond donors (Lipinski definition) is 2. The maximum absolute atomic E-state index is 13.4. The van der Waals surface area contributed by atoms with E-state index in [2.05, 4.69) is 34.2 Å². The fourth-order valence-electron chi connectivity index (χ4n) is 2.42. The summed E-state index contributed by atoms with van der Waals surface area (Å²) in [4.78, 5) is 15.2. The summed E-state index contributed by atoms with van der Waals surface area (Å²) in [6, 6.07) is 6.68. The number of guanidine groups is 1.